The van der Waals surface area contributed by atoms with E-state index >= 15 is 0 Å². The Balaban J connectivity index is 2.71. The van der Waals surface area contributed by atoms with E-state index in [1.54, 1.807) is 0 Å². The number of carbonyl (C=O) groups is 1. The average molecular weight is 233 g/mol. The maximum Gasteiger partial charge on any atom is 0.179 e. The molecule has 17 heavy (non-hydrogen) atoms. The molecule has 1 rings (SSSR count). The van der Waals surface area contributed by atoms with Crippen molar-refractivity contribution in [1.82, 2.24) is 5.32 Å². The SMILES string of the molecule is CCCCC(NC(C)C)C(=O)c1ccccc1. The highest BCUT2D eigenvalue weighted by Gasteiger charge is 2.19. The molecule has 0 aliphatic heterocycles. The summed E-state index contributed by atoms with van der Waals surface area (Å²) in [6.07, 6.45) is 3.13. The number of Topliss-reactive ketones (excluding diaryl/α,β-unsaturated/α-hetero) is 1. The molecule has 0 aliphatic carbocycles. The third kappa shape index (κ3) is 4.70. The first kappa shape index (κ1) is 13.9. The normalized spacial score (nSPS) is 12.7. The van der Waals surface area contributed by atoms with Gasteiger partial charge in [0.1, 0.15) is 0 Å². The van der Waals surface area contributed by atoms with E-state index in [0.717, 1.165) is 24.8 Å². The minimum Gasteiger partial charge on any atom is -0.305 e. The number of benzene rings is 1. The molecule has 0 saturated carbocycles. The molecule has 0 heterocycles. The second kappa shape index (κ2) is 7.23. The van der Waals surface area contributed by atoms with Crippen LogP contribution in [-0.4, -0.2) is 17.9 Å². The van der Waals surface area contributed by atoms with Crippen LogP contribution in [0.4, 0.5) is 0 Å². The summed E-state index contributed by atoms with van der Waals surface area (Å²) in [6, 6.07) is 9.85. The van der Waals surface area contributed by atoms with Crippen molar-refractivity contribution in [1.29, 1.82) is 0 Å². The lowest BCUT2D eigenvalue weighted by Crippen LogP contribution is -2.40. The highest BCUT2D eigenvalue weighted by molar-refractivity contribution is 6.00. The number of rotatable bonds is 7. The fourth-order valence-corrected chi connectivity index (χ4v) is 1.90. The van der Waals surface area contributed by atoms with Crippen molar-refractivity contribution < 1.29 is 4.79 Å². The number of ketones is 1. The first-order chi connectivity index (χ1) is 8.15. The van der Waals surface area contributed by atoms with Crippen molar-refractivity contribution in [3.8, 4) is 0 Å². The maximum absolute atomic E-state index is 12.3. The third-order valence-corrected chi connectivity index (χ3v) is 2.76. The molecule has 2 nitrogen and oxygen atoms in total. The van der Waals surface area contributed by atoms with Crippen LogP contribution < -0.4 is 5.32 Å². The standard InChI is InChI=1S/C15H23NO/c1-4-5-11-14(16-12(2)3)15(17)13-9-7-6-8-10-13/h6-10,12,14,16H,4-5,11H2,1-3H3. The van der Waals surface area contributed by atoms with Gasteiger partial charge < -0.3 is 5.32 Å². The second-order valence-corrected chi connectivity index (χ2v) is 4.75. The van der Waals surface area contributed by atoms with Crippen LogP contribution in [0.25, 0.3) is 0 Å². The minimum atomic E-state index is -0.0441. The molecule has 0 saturated heterocycles. The summed E-state index contributed by atoms with van der Waals surface area (Å²) in [6.45, 7) is 6.31. The van der Waals surface area contributed by atoms with E-state index in [4.69, 9.17) is 0 Å². The Bertz CT molecular complexity index is 332. The van der Waals surface area contributed by atoms with E-state index in [2.05, 4.69) is 26.1 Å². The maximum atomic E-state index is 12.3. The van der Waals surface area contributed by atoms with Crippen molar-refractivity contribution in [3.63, 3.8) is 0 Å². The Morgan fingerprint density at radius 3 is 2.41 bits per heavy atom. The molecule has 94 valence electrons. The second-order valence-electron chi connectivity index (χ2n) is 4.75. The van der Waals surface area contributed by atoms with Crippen LogP contribution in [0.1, 0.15) is 50.4 Å². The Morgan fingerprint density at radius 2 is 1.88 bits per heavy atom. The topological polar surface area (TPSA) is 29.1 Å². The van der Waals surface area contributed by atoms with Gasteiger partial charge in [-0.3, -0.25) is 4.79 Å². The van der Waals surface area contributed by atoms with Gasteiger partial charge in [-0.15, -0.1) is 0 Å². The van der Waals surface area contributed by atoms with E-state index in [9.17, 15) is 4.79 Å². The molecule has 0 spiro atoms. The zero-order valence-corrected chi connectivity index (χ0v) is 11.1. The van der Waals surface area contributed by atoms with E-state index < -0.39 is 0 Å². The lowest BCUT2D eigenvalue weighted by Gasteiger charge is -2.20. The van der Waals surface area contributed by atoms with Gasteiger partial charge in [-0.25, -0.2) is 0 Å². The summed E-state index contributed by atoms with van der Waals surface area (Å²) in [5.74, 6) is 0.216. The fourth-order valence-electron chi connectivity index (χ4n) is 1.90. The lowest BCUT2D eigenvalue weighted by molar-refractivity contribution is 0.0931. The summed E-state index contributed by atoms with van der Waals surface area (Å²) < 4.78 is 0. The van der Waals surface area contributed by atoms with Crippen LogP contribution in [0.2, 0.25) is 0 Å². The monoisotopic (exact) mass is 233 g/mol. The van der Waals surface area contributed by atoms with Gasteiger partial charge in [0.2, 0.25) is 0 Å². The van der Waals surface area contributed by atoms with Gasteiger partial charge in [-0.2, -0.15) is 0 Å². The van der Waals surface area contributed by atoms with Crippen LogP contribution in [0, 0.1) is 0 Å². The van der Waals surface area contributed by atoms with Gasteiger partial charge in [-0.05, 0) is 6.42 Å². The third-order valence-electron chi connectivity index (χ3n) is 2.76. The molecule has 1 unspecified atom stereocenters. The number of unbranched alkanes of at least 4 members (excludes halogenated alkanes) is 1. The largest absolute Gasteiger partial charge is 0.305 e. The Morgan fingerprint density at radius 1 is 1.24 bits per heavy atom. The first-order valence-electron chi connectivity index (χ1n) is 6.50. The Kier molecular flexibility index (Phi) is 5.92. The predicted molar refractivity (Wildman–Crippen MR) is 72.4 cm³/mol. The highest BCUT2D eigenvalue weighted by Crippen LogP contribution is 2.10. The van der Waals surface area contributed by atoms with E-state index in [1.807, 2.05) is 30.3 Å². The van der Waals surface area contributed by atoms with Crippen LogP contribution in [0.5, 0.6) is 0 Å². The van der Waals surface area contributed by atoms with Crippen LogP contribution in [0.15, 0.2) is 30.3 Å². The summed E-state index contributed by atoms with van der Waals surface area (Å²) in [4.78, 5) is 12.3. The molecule has 0 amide bonds. The molecule has 1 aromatic rings. The molecule has 1 aromatic carbocycles. The zero-order chi connectivity index (χ0) is 12.7. The summed E-state index contributed by atoms with van der Waals surface area (Å²) in [5.41, 5.74) is 0.807. The Labute approximate surface area is 104 Å². The highest BCUT2D eigenvalue weighted by atomic mass is 16.1. The molecule has 2 heteroatoms. The fraction of sp³-hybridized carbons (Fsp3) is 0.533. The Hall–Kier alpha value is -1.15. The van der Waals surface area contributed by atoms with Gasteiger partial charge in [0.15, 0.2) is 5.78 Å². The predicted octanol–water partition coefficient (Wildman–Crippen LogP) is 3.43. The smallest absolute Gasteiger partial charge is 0.179 e. The molecule has 0 radical (unpaired) electrons. The summed E-state index contributed by atoms with van der Waals surface area (Å²) in [7, 11) is 0. The van der Waals surface area contributed by atoms with Gasteiger partial charge in [0, 0.05) is 11.6 Å². The molecule has 0 aromatic heterocycles. The van der Waals surface area contributed by atoms with E-state index in [1.165, 1.54) is 0 Å². The van der Waals surface area contributed by atoms with Crippen LogP contribution >= 0.6 is 0 Å². The summed E-state index contributed by atoms with van der Waals surface area (Å²) >= 11 is 0. The molecule has 1 N–H and O–H groups in total. The van der Waals surface area contributed by atoms with Crippen LogP contribution in [0.3, 0.4) is 0 Å². The first-order valence-corrected chi connectivity index (χ1v) is 6.50. The number of hydrogen-bond donors (Lipinski definition) is 1. The van der Waals surface area contributed by atoms with Gasteiger partial charge in [0.25, 0.3) is 0 Å². The van der Waals surface area contributed by atoms with E-state index in [-0.39, 0.29) is 11.8 Å². The molecule has 0 bridgehead atoms. The quantitative estimate of drug-likeness (QED) is 0.731. The van der Waals surface area contributed by atoms with Crippen molar-refractivity contribution in [2.75, 3.05) is 0 Å². The number of nitrogens with one attached hydrogen (secondary N) is 1. The average Bonchev–Trinajstić information content (AvgIpc) is 2.34. The molecule has 1 atom stereocenters. The molecule has 0 aliphatic rings. The molecular weight excluding hydrogens is 210 g/mol. The van der Waals surface area contributed by atoms with Crippen molar-refractivity contribution in [2.45, 2.75) is 52.1 Å². The van der Waals surface area contributed by atoms with Gasteiger partial charge in [0.05, 0.1) is 6.04 Å². The number of hydrogen-bond acceptors (Lipinski definition) is 2. The minimum absolute atomic E-state index is 0.0441. The van der Waals surface area contributed by atoms with Gasteiger partial charge in [-0.1, -0.05) is 63.9 Å². The zero-order valence-electron chi connectivity index (χ0n) is 11.1. The lowest BCUT2D eigenvalue weighted by atomic mass is 9.99. The van der Waals surface area contributed by atoms with Gasteiger partial charge >= 0.3 is 0 Å². The van der Waals surface area contributed by atoms with Crippen LogP contribution in [-0.2, 0) is 0 Å². The van der Waals surface area contributed by atoms with E-state index in [0.29, 0.717) is 6.04 Å². The molecular formula is C15H23NO. The van der Waals surface area contributed by atoms with Crippen molar-refractivity contribution in [2.24, 2.45) is 0 Å². The number of carbonyl (C=O) groups excluding carboxylic acids is 1. The summed E-state index contributed by atoms with van der Waals surface area (Å²) in [5, 5.41) is 3.36. The van der Waals surface area contributed by atoms with Crippen molar-refractivity contribution in [3.05, 3.63) is 35.9 Å². The molecule has 0 fully saturated rings. The van der Waals surface area contributed by atoms with Crippen molar-refractivity contribution >= 4 is 5.78 Å².